The van der Waals surface area contributed by atoms with Crippen LogP contribution in [0.15, 0.2) is 53.3 Å². The van der Waals surface area contributed by atoms with Crippen molar-refractivity contribution in [1.82, 2.24) is 15.3 Å². The lowest BCUT2D eigenvalue weighted by atomic mass is 9.93. The topological polar surface area (TPSA) is 57.8 Å². The molecule has 4 nitrogen and oxygen atoms in total. The van der Waals surface area contributed by atoms with Gasteiger partial charge in [-0.05, 0) is 48.9 Å². The van der Waals surface area contributed by atoms with E-state index in [2.05, 4.69) is 67.2 Å². The fourth-order valence-electron chi connectivity index (χ4n) is 3.60. The molecule has 0 amide bonds. The van der Waals surface area contributed by atoms with Gasteiger partial charge in [-0.2, -0.15) is 0 Å². The molecule has 2 N–H and O–H groups in total. The predicted octanol–water partition coefficient (Wildman–Crippen LogP) is 5.31. The van der Waals surface area contributed by atoms with Crippen LogP contribution in [0.4, 0.5) is 0 Å². The van der Waals surface area contributed by atoms with Crippen LogP contribution < -0.4 is 10.9 Å². The maximum Gasteiger partial charge on any atom is 0.258 e. The number of aromatic amines is 1. The SMILES string of the molecule is CCCCc1ccc([C@@H](N[C@H](C)c2nc3ccccc3c(=O)[nH]2)C(C)C)cc1. The summed E-state index contributed by atoms with van der Waals surface area (Å²) in [5, 5.41) is 4.30. The summed E-state index contributed by atoms with van der Waals surface area (Å²) >= 11 is 0. The predicted molar refractivity (Wildman–Crippen MR) is 117 cm³/mol. The fraction of sp³-hybridized carbons (Fsp3) is 0.417. The fourth-order valence-corrected chi connectivity index (χ4v) is 3.60. The van der Waals surface area contributed by atoms with Gasteiger partial charge in [0.2, 0.25) is 0 Å². The van der Waals surface area contributed by atoms with Crippen LogP contribution in [0.25, 0.3) is 10.9 Å². The van der Waals surface area contributed by atoms with Crippen LogP contribution in [-0.4, -0.2) is 9.97 Å². The van der Waals surface area contributed by atoms with Crippen molar-refractivity contribution in [3.8, 4) is 0 Å². The van der Waals surface area contributed by atoms with Crippen molar-refractivity contribution < 1.29 is 0 Å². The molecule has 1 heterocycles. The van der Waals surface area contributed by atoms with E-state index in [9.17, 15) is 4.79 Å². The van der Waals surface area contributed by atoms with Crippen molar-refractivity contribution in [2.24, 2.45) is 5.92 Å². The number of H-pyrrole nitrogens is 1. The number of para-hydroxylation sites is 1. The van der Waals surface area contributed by atoms with Crippen LogP contribution in [-0.2, 0) is 6.42 Å². The number of aromatic nitrogens is 2. The standard InChI is InChI=1S/C24H31N3O/c1-5-6-9-18-12-14-19(15-13-18)22(16(2)3)25-17(4)23-26-21-11-8-7-10-20(21)24(28)27-23/h7-8,10-17,22,25H,5-6,9H2,1-4H3,(H,26,27,28)/t17-,22+/m1/s1. The van der Waals surface area contributed by atoms with Gasteiger partial charge in [-0.3, -0.25) is 4.79 Å². The first-order chi connectivity index (χ1) is 13.5. The molecule has 2 aromatic carbocycles. The molecular formula is C24H31N3O. The molecule has 28 heavy (non-hydrogen) atoms. The minimum absolute atomic E-state index is 0.0653. The molecule has 1 aromatic heterocycles. The summed E-state index contributed by atoms with van der Waals surface area (Å²) in [6.45, 7) is 8.70. The average molecular weight is 378 g/mol. The highest BCUT2D eigenvalue weighted by Crippen LogP contribution is 2.25. The van der Waals surface area contributed by atoms with Crippen molar-refractivity contribution in [2.75, 3.05) is 0 Å². The van der Waals surface area contributed by atoms with Gasteiger partial charge in [-0.25, -0.2) is 4.98 Å². The Hall–Kier alpha value is -2.46. The molecule has 148 valence electrons. The summed E-state index contributed by atoms with van der Waals surface area (Å²) < 4.78 is 0. The third kappa shape index (κ3) is 4.68. The van der Waals surface area contributed by atoms with E-state index >= 15 is 0 Å². The highest BCUT2D eigenvalue weighted by molar-refractivity contribution is 5.77. The summed E-state index contributed by atoms with van der Waals surface area (Å²) in [4.78, 5) is 20.0. The van der Waals surface area contributed by atoms with Gasteiger partial charge in [0.05, 0.1) is 16.9 Å². The third-order valence-electron chi connectivity index (χ3n) is 5.30. The van der Waals surface area contributed by atoms with E-state index in [1.165, 1.54) is 24.0 Å². The quantitative estimate of drug-likeness (QED) is 0.559. The van der Waals surface area contributed by atoms with Gasteiger partial charge in [0, 0.05) is 6.04 Å². The highest BCUT2D eigenvalue weighted by atomic mass is 16.1. The third-order valence-corrected chi connectivity index (χ3v) is 5.30. The Morgan fingerprint density at radius 1 is 1.04 bits per heavy atom. The first-order valence-corrected chi connectivity index (χ1v) is 10.3. The Bertz CT molecular complexity index is 959. The number of nitrogens with one attached hydrogen (secondary N) is 2. The first-order valence-electron chi connectivity index (χ1n) is 10.3. The lowest BCUT2D eigenvalue weighted by Gasteiger charge is -2.27. The van der Waals surface area contributed by atoms with Crippen LogP contribution in [0.1, 0.15) is 69.6 Å². The lowest BCUT2D eigenvalue weighted by Crippen LogP contribution is -2.30. The second kappa shape index (κ2) is 9.16. The first kappa shape index (κ1) is 20.3. The summed E-state index contributed by atoms with van der Waals surface area (Å²) in [6.07, 6.45) is 3.57. The Labute approximate surface area is 167 Å². The molecule has 0 aliphatic heterocycles. The van der Waals surface area contributed by atoms with Crippen molar-refractivity contribution in [3.05, 3.63) is 75.8 Å². The number of aryl methyl sites for hydroxylation is 1. The maximum absolute atomic E-state index is 12.4. The summed E-state index contributed by atoms with van der Waals surface area (Å²) in [6, 6.07) is 16.5. The van der Waals surface area contributed by atoms with Crippen LogP contribution in [0, 0.1) is 5.92 Å². The number of hydrogen-bond acceptors (Lipinski definition) is 3. The van der Waals surface area contributed by atoms with E-state index < -0.39 is 0 Å². The van der Waals surface area contributed by atoms with E-state index in [0.717, 1.165) is 11.9 Å². The van der Waals surface area contributed by atoms with Gasteiger partial charge in [-0.15, -0.1) is 0 Å². The number of unbranched alkanes of at least 4 members (excludes halogenated alkanes) is 1. The molecule has 3 rings (SSSR count). The van der Waals surface area contributed by atoms with E-state index in [0.29, 0.717) is 17.1 Å². The van der Waals surface area contributed by atoms with Gasteiger partial charge < -0.3 is 10.3 Å². The summed E-state index contributed by atoms with van der Waals surface area (Å²) in [5.74, 6) is 1.09. The molecule has 0 fully saturated rings. The molecule has 0 saturated carbocycles. The molecular weight excluding hydrogens is 346 g/mol. The van der Waals surface area contributed by atoms with Crippen LogP contribution in [0.2, 0.25) is 0 Å². The van der Waals surface area contributed by atoms with Crippen LogP contribution in [0.5, 0.6) is 0 Å². The molecule has 0 aliphatic rings. The highest BCUT2D eigenvalue weighted by Gasteiger charge is 2.20. The van der Waals surface area contributed by atoms with E-state index in [-0.39, 0.29) is 17.6 Å². The zero-order chi connectivity index (χ0) is 20.1. The molecule has 0 aliphatic carbocycles. The number of nitrogens with zero attached hydrogens (tertiary/aromatic N) is 1. The molecule has 0 unspecified atom stereocenters. The Morgan fingerprint density at radius 3 is 2.43 bits per heavy atom. The van der Waals surface area contributed by atoms with E-state index in [4.69, 9.17) is 0 Å². The van der Waals surface area contributed by atoms with Gasteiger partial charge in [0.1, 0.15) is 5.82 Å². The van der Waals surface area contributed by atoms with Crippen LogP contribution >= 0.6 is 0 Å². The molecule has 0 radical (unpaired) electrons. The lowest BCUT2D eigenvalue weighted by molar-refractivity contribution is 0.367. The van der Waals surface area contributed by atoms with Gasteiger partial charge >= 0.3 is 0 Å². The molecule has 0 bridgehead atoms. The van der Waals surface area contributed by atoms with Gasteiger partial charge in [0.15, 0.2) is 0 Å². The van der Waals surface area contributed by atoms with Crippen molar-refractivity contribution in [3.63, 3.8) is 0 Å². The zero-order valence-corrected chi connectivity index (χ0v) is 17.3. The Morgan fingerprint density at radius 2 is 1.75 bits per heavy atom. The number of benzene rings is 2. The van der Waals surface area contributed by atoms with Crippen molar-refractivity contribution in [2.45, 2.75) is 59.0 Å². The minimum Gasteiger partial charge on any atom is -0.309 e. The number of fused-ring (bicyclic) bond motifs is 1. The van der Waals surface area contributed by atoms with Crippen molar-refractivity contribution >= 4 is 10.9 Å². The smallest absolute Gasteiger partial charge is 0.258 e. The molecule has 3 aromatic rings. The molecule has 0 saturated heterocycles. The van der Waals surface area contributed by atoms with Crippen LogP contribution in [0.3, 0.4) is 0 Å². The number of hydrogen-bond donors (Lipinski definition) is 2. The Kier molecular flexibility index (Phi) is 6.63. The largest absolute Gasteiger partial charge is 0.309 e. The summed E-state index contributed by atoms with van der Waals surface area (Å²) in [7, 11) is 0. The maximum atomic E-state index is 12.4. The van der Waals surface area contributed by atoms with Gasteiger partial charge in [-0.1, -0.05) is 63.6 Å². The number of rotatable bonds is 8. The van der Waals surface area contributed by atoms with Gasteiger partial charge in [0.25, 0.3) is 5.56 Å². The molecule has 4 heteroatoms. The molecule has 0 spiro atoms. The minimum atomic E-state index is -0.0874. The average Bonchev–Trinajstić information content (AvgIpc) is 2.70. The Balaban J connectivity index is 1.81. The van der Waals surface area contributed by atoms with E-state index in [1.54, 1.807) is 6.07 Å². The van der Waals surface area contributed by atoms with Crippen molar-refractivity contribution in [1.29, 1.82) is 0 Å². The van der Waals surface area contributed by atoms with E-state index in [1.807, 2.05) is 18.2 Å². The normalized spacial score (nSPS) is 13.8. The monoisotopic (exact) mass is 377 g/mol. The zero-order valence-electron chi connectivity index (χ0n) is 17.3. The summed E-state index contributed by atoms with van der Waals surface area (Å²) in [5.41, 5.74) is 3.30. The second-order valence-electron chi connectivity index (χ2n) is 7.92. The second-order valence-corrected chi connectivity index (χ2v) is 7.92. The molecule has 2 atom stereocenters.